The van der Waals surface area contributed by atoms with Gasteiger partial charge in [0.2, 0.25) is 10.1 Å². The third-order valence-electron chi connectivity index (χ3n) is 0. The van der Waals surface area contributed by atoms with Gasteiger partial charge in [-0.3, -0.25) is 0 Å². The maximum atomic E-state index is 8.28. The molecule has 0 aliphatic heterocycles. The van der Waals surface area contributed by atoms with Crippen molar-refractivity contribution >= 4 is 29.0 Å². The predicted molar refractivity (Wildman–Crippen MR) is 16.4 cm³/mol. The van der Waals surface area contributed by atoms with Crippen molar-refractivity contribution in [1.82, 2.24) is 0 Å². The Bertz CT molecular complexity index is 8.00. The van der Waals surface area contributed by atoms with Gasteiger partial charge < -0.3 is 4.46 Å². The van der Waals surface area contributed by atoms with Crippen LogP contribution in [0.2, 0.25) is 0 Å². The molecule has 4 heavy (non-hydrogen) atoms. The number of rotatable bonds is 0. The van der Waals surface area contributed by atoms with Crippen molar-refractivity contribution in [2.24, 2.45) is 0 Å². The van der Waals surface area contributed by atoms with Crippen molar-refractivity contribution in [1.29, 1.82) is 0 Å². The van der Waals surface area contributed by atoms with Crippen LogP contribution < -0.4 is 0 Å². The van der Waals surface area contributed by atoms with E-state index in [1.165, 1.54) is 0 Å². The molecular formula is H3LiMnOSi. The van der Waals surface area contributed by atoms with Gasteiger partial charge in [-0.2, -0.15) is 0 Å². The Labute approximate surface area is 50.7 Å². The van der Waals surface area contributed by atoms with Crippen molar-refractivity contribution in [2.45, 2.75) is 0 Å². The van der Waals surface area contributed by atoms with Crippen LogP contribution in [0.4, 0.5) is 0 Å². The first-order valence-corrected chi connectivity index (χ1v) is 0.866. The second-order valence-electron chi connectivity index (χ2n) is 0. The molecule has 0 N–H and O–H groups in total. The molecule has 0 spiro atoms. The summed E-state index contributed by atoms with van der Waals surface area (Å²) in [6.45, 7) is 0. The molecule has 0 aliphatic carbocycles. The molecule has 0 aliphatic rings. The van der Waals surface area contributed by atoms with Crippen LogP contribution in [0, 0.1) is 0 Å². The zero-order chi connectivity index (χ0) is 2.00. The van der Waals surface area contributed by atoms with Gasteiger partial charge in [0.05, 0.1) is 0 Å². The van der Waals surface area contributed by atoms with E-state index >= 15 is 0 Å². The quantitative estimate of drug-likeness (QED) is 0.339. The summed E-state index contributed by atoms with van der Waals surface area (Å²) in [6, 6.07) is 0. The van der Waals surface area contributed by atoms with Gasteiger partial charge in [0.15, 0.2) is 0 Å². The average Bonchev–Trinajstić information content (AvgIpc) is 1.00. The van der Waals surface area contributed by atoms with Gasteiger partial charge >= 0.3 is 18.9 Å². The molecule has 0 aromatic heterocycles. The molecule has 4 heteroatoms. The van der Waals surface area contributed by atoms with Crippen LogP contribution in [0.3, 0.4) is 0 Å². The van der Waals surface area contributed by atoms with Crippen molar-refractivity contribution in [2.75, 3.05) is 0 Å². The second kappa shape index (κ2) is 31.6. The smallest absolute Gasteiger partial charge is 0 e. The van der Waals surface area contributed by atoms with Crippen LogP contribution in [-0.4, -0.2) is 29.0 Å². The Morgan fingerprint density at radius 2 is 1.25 bits per heavy atom. The molecular weight excluding hydrogens is 106 g/mol. The van der Waals surface area contributed by atoms with Crippen molar-refractivity contribution < 1.29 is 21.5 Å². The molecule has 0 unspecified atom stereocenters. The van der Waals surface area contributed by atoms with E-state index in [0.717, 1.165) is 0 Å². The van der Waals surface area contributed by atoms with Crippen LogP contribution in [-0.2, 0) is 21.5 Å². The maximum Gasteiger partial charge on any atom is 0 e. The molecule has 0 saturated carbocycles. The summed E-state index contributed by atoms with van der Waals surface area (Å²) < 4.78 is 8.28. The molecule has 0 rings (SSSR count). The van der Waals surface area contributed by atoms with Gasteiger partial charge in [-0.05, 0) is 0 Å². The SMILES string of the molecule is O=[SiH2].[LiH].[Mn]. The van der Waals surface area contributed by atoms with Crippen molar-refractivity contribution in [3.8, 4) is 0 Å². The van der Waals surface area contributed by atoms with Gasteiger partial charge in [-0.1, -0.05) is 0 Å². The summed E-state index contributed by atoms with van der Waals surface area (Å²) >= 11 is 0. The molecule has 0 atom stereocenters. The fourth-order valence-electron chi connectivity index (χ4n) is 0. The normalized spacial score (nSPS) is 1.00. The largest absolute Gasteiger partial charge is 0 e. The van der Waals surface area contributed by atoms with E-state index in [2.05, 4.69) is 0 Å². The van der Waals surface area contributed by atoms with E-state index in [1.54, 1.807) is 0 Å². The summed E-state index contributed by atoms with van der Waals surface area (Å²) in [5, 5.41) is 0. The minimum Gasteiger partial charge on any atom is 0 e. The van der Waals surface area contributed by atoms with E-state index in [1.807, 2.05) is 0 Å². The standard InChI is InChI=1S/Li.Mn.H2OSi.H/c;;1-2;/h;;2H2;. The molecule has 21 valence electrons. The monoisotopic (exact) mass is 109 g/mol. The first kappa shape index (κ1) is 19.3. The first-order chi connectivity index (χ1) is 1.00. The molecule has 0 bridgehead atoms. The van der Waals surface area contributed by atoms with Crippen LogP contribution in [0.5, 0.6) is 0 Å². The van der Waals surface area contributed by atoms with E-state index in [9.17, 15) is 0 Å². The first-order valence-electron chi connectivity index (χ1n) is 0.289. The number of hydrogen-bond acceptors (Lipinski definition) is 1. The molecule has 1 nitrogen and oxygen atoms in total. The van der Waals surface area contributed by atoms with Gasteiger partial charge in [-0.15, -0.1) is 0 Å². The summed E-state index contributed by atoms with van der Waals surface area (Å²) in [4.78, 5) is 0. The predicted octanol–water partition coefficient (Wildman–Crippen LogP) is -1.69. The summed E-state index contributed by atoms with van der Waals surface area (Å²) in [7, 11) is 0.611. The molecule has 0 saturated heterocycles. The minimum atomic E-state index is 0. The topological polar surface area (TPSA) is 17.1 Å². The zero-order valence-corrected chi connectivity index (χ0v) is 4.09. The Hall–Kier alpha value is 1.13. The van der Waals surface area contributed by atoms with E-state index in [0.29, 0.717) is 10.1 Å². The third-order valence-corrected chi connectivity index (χ3v) is 0. The number of hydrogen-bond donors (Lipinski definition) is 0. The molecule has 0 amide bonds. The summed E-state index contributed by atoms with van der Waals surface area (Å²) in [5.41, 5.74) is 0. The Morgan fingerprint density at radius 1 is 1.25 bits per heavy atom. The van der Waals surface area contributed by atoms with E-state index < -0.39 is 0 Å². The molecule has 1 radical (unpaired) electrons. The van der Waals surface area contributed by atoms with Crippen LogP contribution >= 0.6 is 0 Å². The van der Waals surface area contributed by atoms with E-state index in [4.69, 9.17) is 4.46 Å². The average molecular weight is 109 g/mol. The summed E-state index contributed by atoms with van der Waals surface area (Å²) in [5.74, 6) is 0. The van der Waals surface area contributed by atoms with Gasteiger partial charge in [0.25, 0.3) is 0 Å². The van der Waals surface area contributed by atoms with Crippen LogP contribution in [0.15, 0.2) is 0 Å². The molecule has 0 aromatic rings. The fourth-order valence-corrected chi connectivity index (χ4v) is 0. The molecule has 0 fully saturated rings. The molecule has 0 aromatic carbocycles. The van der Waals surface area contributed by atoms with Crippen LogP contribution in [0.1, 0.15) is 0 Å². The van der Waals surface area contributed by atoms with Crippen LogP contribution in [0.25, 0.3) is 0 Å². The maximum absolute atomic E-state index is 8.28. The van der Waals surface area contributed by atoms with E-state index in [-0.39, 0.29) is 35.9 Å². The Morgan fingerprint density at radius 3 is 1.25 bits per heavy atom. The van der Waals surface area contributed by atoms with Crippen molar-refractivity contribution in [3.05, 3.63) is 0 Å². The fraction of sp³-hybridized carbons (Fsp3) is 0. The zero-order valence-electron chi connectivity index (χ0n) is 1.49. The van der Waals surface area contributed by atoms with Gasteiger partial charge in [0.1, 0.15) is 0 Å². The summed E-state index contributed by atoms with van der Waals surface area (Å²) in [6.07, 6.45) is 0. The Kier molecular flexibility index (Phi) is 152. The van der Waals surface area contributed by atoms with Crippen molar-refractivity contribution in [3.63, 3.8) is 0 Å². The molecule has 0 heterocycles. The van der Waals surface area contributed by atoms with Gasteiger partial charge in [-0.25, -0.2) is 0 Å². The third kappa shape index (κ3) is 11.1. The van der Waals surface area contributed by atoms with Gasteiger partial charge in [0, 0.05) is 17.1 Å². The minimum absolute atomic E-state index is 0. The Balaban J connectivity index is -0.00000000500. The second-order valence-corrected chi connectivity index (χ2v) is 0.